The predicted octanol–water partition coefficient (Wildman–Crippen LogP) is 3.09. The number of urea groups is 1. The SMILES string of the molecule is CCC1CCCCN1C(=O)NC1CCC(C(=O)N2CCSCC2)CC1. The van der Waals surface area contributed by atoms with E-state index < -0.39 is 0 Å². The van der Waals surface area contributed by atoms with Crippen LogP contribution in [0, 0.1) is 5.92 Å². The smallest absolute Gasteiger partial charge is 0.317 e. The first-order valence-corrected chi connectivity index (χ1v) is 11.3. The van der Waals surface area contributed by atoms with E-state index in [0.717, 1.165) is 76.1 Å². The van der Waals surface area contributed by atoms with Crippen molar-refractivity contribution in [3.05, 3.63) is 0 Å². The zero-order chi connectivity index (χ0) is 17.6. The molecule has 2 heterocycles. The molecule has 0 spiro atoms. The molecule has 1 unspecified atom stereocenters. The molecular formula is C19H33N3O2S. The number of hydrogen-bond donors (Lipinski definition) is 1. The van der Waals surface area contributed by atoms with Gasteiger partial charge in [0.15, 0.2) is 0 Å². The Morgan fingerprint density at radius 1 is 1.00 bits per heavy atom. The van der Waals surface area contributed by atoms with Gasteiger partial charge in [-0.25, -0.2) is 4.79 Å². The van der Waals surface area contributed by atoms with Crippen LogP contribution in [0.3, 0.4) is 0 Å². The van der Waals surface area contributed by atoms with E-state index in [1.165, 1.54) is 6.42 Å². The number of nitrogens with one attached hydrogen (secondary N) is 1. The van der Waals surface area contributed by atoms with Gasteiger partial charge in [-0.15, -0.1) is 0 Å². The molecule has 1 atom stereocenters. The standard InChI is InChI=1S/C19H33N3O2S/c1-2-17-5-3-4-10-22(17)19(24)20-16-8-6-15(7-9-16)18(23)21-11-13-25-14-12-21/h15-17H,2-14H2,1H3,(H,20,24). The normalized spacial score (nSPS) is 30.8. The Morgan fingerprint density at radius 3 is 2.40 bits per heavy atom. The Labute approximate surface area is 156 Å². The van der Waals surface area contributed by atoms with E-state index in [9.17, 15) is 9.59 Å². The van der Waals surface area contributed by atoms with E-state index in [0.29, 0.717) is 11.9 Å². The number of amides is 3. The van der Waals surface area contributed by atoms with Crippen molar-refractivity contribution >= 4 is 23.7 Å². The lowest BCUT2D eigenvalue weighted by Crippen LogP contribution is -2.52. The van der Waals surface area contributed by atoms with Crippen LogP contribution in [0.2, 0.25) is 0 Å². The van der Waals surface area contributed by atoms with Gasteiger partial charge in [-0.3, -0.25) is 4.79 Å². The van der Waals surface area contributed by atoms with Crippen LogP contribution >= 0.6 is 11.8 Å². The Hall–Kier alpha value is -0.910. The molecule has 0 bridgehead atoms. The molecule has 3 amide bonds. The summed E-state index contributed by atoms with van der Waals surface area (Å²) < 4.78 is 0. The molecule has 0 aromatic rings. The van der Waals surface area contributed by atoms with Crippen LogP contribution in [0.25, 0.3) is 0 Å². The van der Waals surface area contributed by atoms with Gasteiger partial charge >= 0.3 is 6.03 Å². The second-order valence-electron chi connectivity index (χ2n) is 7.69. The third-order valence-corrected chi connectivity index (χ3v) is 7.03. The summed E-state index contributed by atoms with van der Waals surface area (Å²) >= 11 is 1.94. The highest BCUT2D eigenvalue weighted by Gasteiger charge is 2.32. The molecule has 1 aliphatic carbocycles. The lowest BCUT2D eigenvalue weighted by atomic mass is 9.85. The zero-order valence-corrected chi connectivity index (χ0v) is 16.4. The van der Waals surface area contributed by atoms with Crippen molar-refractivity contribution in [2.24, 2.45) is 5.92 Å². The van der Waals surface area contributed by atoms with Crippen molar-refractivity contribution in [2.75, 3.05) is 31.1 Å². The minimum Gasteiger partial charge on any atom is -0.341 e. The minimum atomic E-state index is 0.120. The van der Waals surface area contributed by atoms with Gasteiger partial charge in [0.2, 0.25) is 5.91 Å². The van der Waals surface area contributed by atoms with Gasteiger partial charge in [0, 0.05) is 49.1 Å². The quantitative estimate of drug-likeness (QED) is 0.834. The summed E-state index contributed by atoms with van der Waals surface area (Å²) in [6.07, 6.45) is 8.27. The van der Waals surface area contributed by atoms with Gasteiger partial charge in [0.25, 0.3) is 0 Å². The highest BCUT2D eigenvalue weighted by molar-refractivity contribution is 7.99. The Balaban J connectivity index is 1.44. The first kappa shape index (κ1) is 18.9. The predicted molar refractivity (Wildman–Crippen MR) is 103 cm³/mol. The molecule has 6 heteroatoms. The number of rotatable bonds is 3. The summed E-state index contributed by atoms with van der Waals surface area (Å²) in [4.78, 5) is 29.4. The first-order chi connectivity index (χ1) is 12.2. The summed E-state index contributed by atoms with van der Waals surface area (Å²) in [6.45, 7) is 4.89. The maximum absolute atomic E-state index is 12.6. The number of piperidine rings is 1. The molecule has 0 aromatic heterocycles. The fraction of sp³-hybridized carbons (Fsp3) is 0.895. The maximum atomic E-state index is 12.6. The molecule has 2 saturated heterocycles. The average Bonchev–Trinajstić information content (AvgIpc) is 2.68. The highest BCUT2D eigenvalue weighted by Crippen LogP contribution is 2.28. The van der Waals surface area contributed by atoms with Crippen LogP contribution in [-0.4, -0.2) is 65.0 Å². The van der Waals surface area contributed by atoms with E-state index in [2.05, 4.69) is 17.1 Å². The Morgan fingerprint density at radius 2 is 1.72 bits per heavy atom. The second-order valence-corrected chi connectivity index (χ2v) is 8.91. The fourth-order valence-corrected chi connectivity index (χ4v) is 5.38. The summed E-state index contributed by atoms with van der Waals surface area (Å²) in [5.41, 5.74) is 0. The Kier molecular flexibility index (Phi) is 6.91. The molecule has 1 saturated carbocycles. The van der Waals surface area contributed by atoms with Crippen LogP contribution in [0.1, 0.15) is 58.3 Å². The van der Waals surface area contributed by atoms with Gasteiger partial charge in [0.05, 0.1) is 0 Å². The number of carbonyl (C=O) groups excluding carboxylic acids is 2. The highest BCUT2D eigenvalue weighted by atomic mass is 32.2. The summed E-state index contributed by atoms with van der Waals surface area (Å²) in [5.74, 6) is 2.68. The van der Waals surface area contributed by atoms with Crippen molar-refractivity contribution in [3.63, 3.8) is 0 Å². The summed E-state index contributed by atoms with van der Waals surface area (Å²) in [6, 6.07) is 0.769. The molecule has 0 radical (unpaired) electrons. The average molecular weight is 368 g/mol. The van der Waals surface area contributed by atoms with E-state index in [1.807, 2.05) is 16.7 Å². The minimum absolute atomic E-state index is 0.120. The van der Waals surface area contributed by atoms with Crippen molar-refractivity contribution in [1.29, 1.82) is 0 Å². The van der Waals surface area contributed by atoms with Crippen molar-refractivity contribution in [2.45, 2.75) is 70.4 Å². The fourth-order valence-electron chi connectivity index (χ4n) is 4.48. The van der Waals surface area contributed by atoms with Gasteiger partial charge < -0.3 is 15.1 Å². The number of likely N-dealkylation sites (tertiary alicyclic amines) is 1. The van der Waals surface area contributed by atoms with E-state index in [1.54, 1.807) is 0 Å². The number of thioether (sulfide) groups is 1. The molecule has 25 heavy (non-hydrogen) atoms. The van der Waals surface area contributed by atoms with Gasteiger partial charge in [-0.1, -0.05) is 6.92 Å². The monoisotopic (exact) mass is 367 g/mol. The van der Waals surface area contributed by atoms with Gasteiger partial charge in [0.1, 0.15) is 0 Å². The van der Waals surface area contributed by atoms with Crippen molar-refractivity contribution in [1.82, 2.24) is 15.1 Å². The molecule has 3 rings (SSSR count). The van der Waals surface area contributed by atoms with E-state index >= 15 is 0 Å². The number of carbonyl (C=O) groups is 2. The third kappa shape index (κ3) is 4.83. The van der Waals surface area contributed by atoms with Gasteiger partial charge in [-0.05, 0) is 51.4 Å². The summed E-state index contributed by atoms with van der Waals surface area (Å²) in [7, 11) is 0. The van der Waals surface area contributed by atoms with E-state index in [4.69, 9.17) is 0 Å². The molecule has 3 aliphatic rings. The van der Waals surface area contributed by atoms with Crippen LogP contribution in [0.4, 0.5) is 4.79 Å². The third-order valence-electron chi connectivity index (χ3n) is 6.09. The Bertz CT molecular complexity index is 460. The summed E-state index contributed by atoms with van der Waals surface area (Å²) in [5, 5.41) is 3.25. The van der Waals surface area contributed by atoms with Crippen molar-refractivity contribution in [3.8, 4) is 0 Å². The number of hydrogen-bond acceptors (Lipinski definition) is 3. The van der Waals surface area contributed by atoms with Crippen LogP contribution in [-0.2, 0) is 4.79 Å². The molecule has 2 aliphatic heterocycles. The topological polar surface area (TPSA) is 52.7 Å². The molecule has 142 valence electrons. The maximum Gasteiger partial charge on any atom is 0.317 e. The van der Waals surface area contributed by atoms with Crippen molar-refractivity contribution < 1.29 is 9.59 Å². The lowest BCUT2D eigenvalue weighted by Gasteiger charge is -2.38. The molecule has 3 fully saturated rings. The molecular weight excluding hydrogens is 334 g/mol. The van der Waals surface area contributed by atoms with Gasteiger partial charge in [-0.2, -0.15) is 11.8 Å². The largest absolute Gasteiger partial charge is 0.341 e. The molecule has 1 N–H and O–H groups in total. The van der Waals surface area contributed by atoms with Crippen LogP contribution < -0.4 is 5.32 Å². The lowest BCUT2D eigenvalue weighted by molar-refractivity contribution is -0.136. The number of nitrogens with zero attached hydrogens (tertiary/aromatic N) is 2. The molecule has 5 nitrogen and oxygen atoms in total. The first-order valence-electron chi connectivity index (χ1n) is 10.1. The molecule has 0 aromatic carbocycles. The van der Waals surface area contributed by atoms with Crippen LogP contribution in [0.5, 0.6) is 0 Å². The second kappa shape index (κ2) is 9.15. The van der Waals surface area contributed by atoms with E-state index in [-0.39, 0.29) is 18.0 Å². The van der Waals surface area contributed by atoms with Crippen LogP contribution in [0.15, 0.2) is 0 Å². The zero-order valence-electron chi connectivity index (χ0n) is 15.5.